The summed E-state index contributed by atoms with van der Waals surface area (Å²) in [5, 5.41) is 4.35. The Balaban J connectivity index is 1.39. The Morgan fingerprint density at radius 1 is 1.12 bits per heavy atom. The van der Waals surface area contributed by atoms with Gasteiger partial charge in [0.05, 0.1) is 21.4 Å². The summed E-state index contributed by atoms with van der Waals surface area (Å²) in [6.45, 7) is 0.530. The number of primary amides is 1. The number of nitrogens with two attached hydrogens (primary N) is 1. The second kappa shape index (κ2) is 10.3. The lowest BCUT2D eigenvalue weighted by atomic mass is 9.85. The van der Waals surface area contributed by atoms with Gasteiger partial charge in [0.15, 0.2) is 0 Å². The maximum Gasteiger partial charge on any atom is 0.319 e. The highest BCUT2D eigenvalue weighted by Crippen LogP contribution is 2.35. The molecule has 0 saturated heterocycles. The predicted molar refractivity (Wildman–Crippen MR) is 136 cm³/mol. The summed E-state index contributed by atoms with van der Waals surface area (Å²) in [7, 11) is 4.09. The van der Waals surface area contributed by atoms with Crippen LogP contribution in [-0.2, 0) is 12.8 Å². The van der Waals surface area contributed by atoms with Crippen molar-refractivity contribution in [3.05, 3.63) is 39.5 Å². The zero-order chi connectivity index (χ0) is 23.5. The van der Waals surface area contributed by atoms with Gasteiger partial charge in [0, 0.05) is 32.2 Å². The molecule has 0 aliphatic heterocycles. The van der Waals surface area contributed by atoms with Crippen LogP contribution in [0.15, 0.2) is 18.2 Å². The average Bonchev–Trinajstić information content (AvgIpc) is 2.80. The van der Waals surface area contributed by atoms with Gasteiger partial charge in [0.1, 0.15) is 5.82 Å². The van der Waals surface area contributed by atoms with Gasteiger partial charge >= 0.3 is 6.03 Å². The number of carbonyl (C=O) groups excluding carboxylic acids is 1. The zero-order valence-corrected chi connectivity index (χ0v) is 20.8. The molecule has 3 N–H and O–H groups in total. The molecule has 0 radical (unpaired) electrons. The van der Waals surface area contributed by atoms with Gasteiger partial charge in [-0.05, 0) is 69.4 Å². The molecule has 2 aliphatic rings. The lowest BCUT2D eigenvalue weighted by molar-refractivity contribution is 0.250. The Hall–Kier alpha value is -2.25. The number of nitrogens with zero attached hydrogens (tertiary/aromatic N) is 4. The first-order chi connectivity index (χ1) is 15.8. The Morgan fingerprint density at radius 2 is 1.85 bits per heavy atom. The third-order valence-corrected chi connectivity index (χ3v) is 7.50. The molecule has 0 unspecified atom stereocenters. The van der Waals surface area contributed by atoms with E-state index in [0.717, 1.165) is 50.3 Å². The first kappa shape index (κ1) is 23.9. The van der Waals surface area contributed by atoms with E-state index in [1.807, 2.05) is 14.1 Å². The molecule has 1 aromatic heterocycles. The summed E-state index contributed by atoms with van der Waals surface area (Å²) in [5.41, 5.74) is 8.73. The van der Waals surface area contributed by atoms with Gasteiger partial charge in [-0.3, -0.25) is 4.90 Å². The molecule has 4 rings (SSSR count). The van der Waals surface area contributed by atoms with E-state index in [1.54, 1.807) is 23.1 Å². The van der Waals surface area contributed by atoms with Crippen molar-refractivity contribution >= 4 is 46.7 Å². The summed E-state index contributed by atoms with van der Waals surface area (Å²) in [4.78, 5) is 25.5. The minimum Gasteiger partial charge on any atom is -0.362 e. The van der Waals surface area contributed by atoms with Crippen LogP contribution in [-0.4, -0.2) is 42.7 Å². The molecule has 0 spiro atoms. The third kappa shape index (κ3) is 5.46. The number of fused-ring (bicyclic) bond motifs is 1. The lowest BCUT2D eigenvalue weighted by Crippen LogP contribution is -2.41. The van der Waals surface area contributed by atoms with Crippen molar-refractivity contribution in [2.75, 3.05) is 35.8 Å². The molecule has 1 aromatic carbocycles. The van der Waals surface area contributed by atoms with Gasteiger partial charge in [0.2, 0.25) is 5.95 Å². The molecule has 2 amide bonds. The predicted octanol–water partition coefficient (Wildman–Crippen LogP) is 5.28. The molecule has 0 atom stereocenters. The summed E-state index contributed by atoms with van der Waals surface area (Å²) >= 11 is 12.5. The fourth-order valence-corrected chi connectivity index (χ4v) is 5.34. The highest BCUT2D eigenvalue weighted by atomic mass is 35.5. The second-order valence-electron chi connectivity index (χ2n) is 9.28. The number of nitrogens with one attached hydrogen (secondary N) is 1. The van der Waals surface area contributed by atoms with Gasteiger partial charge in [0.25, 0.3) is 0 Å². The molecule has 178 valence electrons. The second-order valence-corrected chi connectivity index (χ2v) is 10.1. The molecule has 9 heteroatoms. The maximum absolute atomic E-state index is 12.2. The minimum atomic E-state index is -0.516. The molecule has 0 bridgehead atoms. The van der Waals surface area contributed by atoms with Gasteiger partial charge in [-0.15, -0.1) is 0 Å². The SMILES string of the molecule is CN(C)c1nc(NC2CCC(CN(C(N)=O)c3cccc(Cl)c3Cl)CC2)nc2c1CCCC2. The van der Waals surface area contributed by atoms with Crippen molar-refractivity contribution < 1.29 is 4.79 Å². The molecule has 1 saturated carbocycles. The quantitative estimate of drug-likeness (QED) is 0.574. The molecular weight excluding hydrogens is 459 g/mol. The monoisotopic (exact) mass is 490 g/mol. The zero-order valence-electron chi connectivity index (χ0n) is 19.3. The van der Waals surface area contributed by atoms with Crippen LogP contribution in [0.3, 0.4) is 0 Å². The van der Waals surface area contributed by atoms with Crippen molar-refractivity contribution in [1.82, 2.24) is 9.97 Å². The van der Waals surface area contributed by atoms with Crippen LogP contribution in [0.25, 0.3) is 0 Å². The molecule has 1 heterocycles. The third-order valence-electron chi connectivity index (χ3n) is 6.69. The number of anilines is 3. The van der Waals surface area contributed by atoms with Crippen molar-refractivity contribution in [1.29, 1.82) is 0 Å². The standard InChI is InChI=1S/C24H32Cl2N6O/c1-31(2)22-17-6-3-4-8-19(17)29-24(30-22)28-16-12-10-15(11-13-16)14-32(23(27)33)20-9-5-7-18(25)21(20)26/h5,7,9,15-16H,3-4,6,8,10-14H2,1-2H3,(H2,27,33)(H,28,29,30). The smallest absolute Gasteiger partial charge is 0.319 e. The molecule has 1 fully saturated rings. The van der Waals surface area contributed by atoms with Crippen LogP contribution in [0.2, 0.25) is 10.0 Å². The topological polar surface area (TPSA) is 87.4 Å². The van der Waals surface area contributed by atoms with Gasteiger partial charge in [-0.25, -0.2) is 9.78 Å². The van der Waals surface area contributed by atoms with E-state index < -0.39 is 6.03 Å². The number of amides is 2. The summed E-state index contributed by atoms with van der Waals surface area (Å²) in [5.74, 6) is 2.10. The first-order valence-electron chi connectivity index (χ1n) is 11.7. The van der Waals surface area contributed by atoms with Gasteiger partial charge < -0.3 is 16.0 Å². The van der Waals surface area contributed by atoms with Crippen LogP contribution in [0.4, 0.5) is 22.2 Å². The van der Waals surface area contributed by atoms with Crippen LogP contribution in [0.1, 0.15) is 49.8 Å². The van der Waals surface area contributed by atoms with Crippen LogP contribution in [0, 0.1) is 5.92 Å². The Morgan fingerprint density at radius 3 is 2.55 bits per heavy atom. The van der Waals surface area contributed by atoms with Crippen LogP contribution in [0.5, 0.6) is 0 Å². The number of hydrogen-bond acceptors (Lipinski definition) is 5. The number of urea groups is 1. The minimum absolute atomic E-state index is 0.315. The lowest BCUT2D eigenvalue weighted by Gasteiger charge is -2.33. The molecule has 7 nitrogen and oxygen atoms in total. The van der Waals surface area contributed by atoms with Crippen molar-refractivity contribution in [3.8, 4) is 0 Å². The van der Waals surface area contributed by atoms with E-state index in [0.29, 0.717) is 34.2 Å². The largest absolute Gasteiger partial charge is 0.362 e. The highest BCUT2D eigenvalue weighted by Gasteiger charge is 2.27. The van der Waals surface area contributed by atoms with E-state index in [-0.39, 0.29) is 0 Å². The average molecular weight is 491 g/mol. The Bertz CT molecular complexity index is 1010. The summed E-state index contributed by atoms with van der Waals surface area (Å²) in [6.07, 6.45) is 8.40. The summed E-state index contributed by atoms with van der Waals surface area (Å²) < 4.78 is 0. The fraction of sp³-hybridized carbons (Fsp3) is 0.542. The number of aryl methyl sites for hydroxylation is 1. The van der Waals surface area contributed by atoms with Gasteiger partial charge in [-0.2, -0.15) is 4.98 Å². The fourth-order valence-electron chi connectivity index (χ4n) is 4.95. The maximum atomic E-state index is 12.2. The Labute approximate surface area is 205 Å². The first-order valence-corrected chi connectivity index (χ1v) is 12.4. The number of benzene rings is 1. The van der Waals surface area contributed by atoms with Crippen molar-refractivity contribution in [2.24, 2.45) is 11.7 Å². The number of aromatic nitrogens is 2. The van der Waals surface area contributed by atoms with E-state index in [9.17, 15) is 4.79 Å². The Kier molecular flexibility index (Phi) is 7.49. The van der Waals surface area contributed by atoms with Gasteiger partial charge in [-0.1, -0.05) is 29.3 Å². The van der Waals surface area contributed by atoms with E-state index in [2.05, 4.69) is 10.2 Å². The molecule has 33 heavy (non-hydrogen) atoms. The number of rotatable bonds is 6. The van der Waals surface area contributed by atoms with E-state index in [4.69, 9.17) is 38.9 Å². The molecule has 2 aromatic rings. The normalized spacial score (nSPS) is 20.1. The number of hydrogen-bond donors (Lipinski definition) is 2. The summed E-state index contributed by atoms with van der Waals surface area (Å²) in [6, 6.07) is 5.06. The van der Waals surface area contributed by atoms with Crippen LogP contribution >= 0.6 is 23.2 Å². The highest BCUT2D eigenvalue weighted by molar-refractivity contribution is 6.44. The van der Waals surface area contributed by atoms with Crippen LogP contribution < -0.4 is 20.9 Å². The van der Waals surface area contributed by atoms with Crippen molar-refractivity contribution in [3.63, 3.8) is 0 Å². The molecule has 2 aliphatic carbocycles. The number of carbonyl (C=O) groups is 1. The van der Waals surface area contributed by atoms with Crippen molar-refractivity contribution in [2.45, 2.75) is 57.4 Å². The molecular formula is C24H32Cl2N6O. The van der Waals surface area contributed by atoms with E-state index in [1.165, 1.54) is 24.1 Å². The van der Waals surface area contributed by atoms with E-state index >= 15 is 0 Å². The number of halogens is 2.